The third-order valence-electron chi connectivity index (χ3n) is 5.27. The number of benzene rings is 1. The van der Waals surface area contributed by atoms with E-state index < -0.39 is 5.97 Å². The summed E-state index contributed by atoms with van der Waals surface area (Å²) in [6.07, 6.45) is 0. The van der Waals surface area contributed by atoms with Crippen molar-refractivity contribution < 1.29 is 19.1 Å². The molecule has 1 fully saturated rings. The number of piperazine rings is 1. The van der Waals surface area contributed by atoms with E-state index in [4.69, 9.17) is 9.47 Å². The van der Waals surface area contributed by atoms with E-state index in [0.29, 0.717) is 17.2 Å². The minimum absolute atomic E-state index is 0.121. The predicted octanol–water partition coefficient (Wildman–Crippen LogP) is 3.31. The molecule has 2 heterocycles. The van der Waals surface area contributed by atoms with Crippen molar-refractivity contribution in [2.75, 3.05) is 56.7 Å². The molecule has 1 amide bonds. The van der Waals surface area contributed by atoms with Crippen LogP contribution >= 0.6 is 11.3 Å². The number of nitrogens with one attached hydrogen (secondary N) is 1. The van der Waals surface area contributed by atoms with Crippen molar-refractivity contribution in [2.24, 2.45) is 0 Å². The average molecular weight is 432 g/mol. The molecule has 0 radical (unpaired) electrons. The molecule has 1 saturated heterocycles. The van der Waals surface area contributed by atoms with Gasteiger partial charge in [0.15, 0.2) is 0 Å². The molecule has 1 aromatic carbocycles. The van der Waals surface area contributed by atoms with Gasteiger partial charge in [0.2, 0.25) is 5.91 Å². The second-order valence-electron chi connectivity index (χ2n) is 7.19. The molecule has 1 aliphatic heterocycles. The van der Waals surface area contributed by atoms with Gasteiger partial charge in [-0.05, 0) is 38.5 Å². The van der Waals surface area contributed by atoms with Crippen molar-refractivity contribution in [3.8, 4) is 5.75 Å². The fraction of sp³-hybridized carbons (Fsp3) is 0.455. The molecule has 2 aromatic rings. The molecule has 0 atom stereocenters. The number of hydrogen-bond donors (Lipinski definition) is 1. The summed E-state index contributed by atoms with van der Waals surface area (Å²) in [4.78, 5) is 30.1. The Labute approximate surface area is 181 Å². The van der Waals surface area contributed by atoms with Crippen LogP contribution in [0.3, 0.4) is 0 Å². The van der Waals surface area contributed by atoms with Gasteiger partial charge in [-0.15, -0.1) is 11.3 Å². The van der Waals surface area contributed by atoms with Crippen LogP contribution in [0.1, 0.15) is 27.7 Å². The number of thiophene rings is 1. The van der Waals surface area contributed by atoms with E-state index in [1.165, 1.54) is 18.4 Å². The highest BCUT2D eigenvalue weighted by atomic mass is 32.1. The molecule has 0 bridgehead atoms. The molecule has 0 saturated carbocycles. The molecule has 1 aliphatic rings. The zero-order chi connectivity index (χ0) is 21.7. The Balaban J connectivity index is 1.58. The smallest absolute Gasteiger partial charge is 0.341 e. The summed E-state index contributed by atoms with van der Waals surface area (Å²) < 4.78 is 10.6. The van der Waals surface area contributed by atoms with E-state index in [9.17, 15) is 9.59 Å². The summed E-state index contributed by atoms with van der Waals surface area (Å²) in [5.74, 6) is 0.350. The van der Waals surface area contributed by atoms with E-state index >= 15 is 0 Å². The molecule has 8 heteroatoms. The molecule has 3 rings (SSSR count). The SMILES string of the molecule is CCOc1ccccc1N1CCN(CC(=O)Nc2sc(C)c(C)c2C(=O)OC)CC1. The number of methoxy groups -OCH3 is 1. The average Bonchev–Trinajstić information content (AvgIpc) is 3.01. The first-order valence-electron chi connectivity index (χ1n) is 10.1. The van der Waals surface area contributed by atoms with Crippen LogP contribution in [0.2, 0.25) is 0 Å². The highest BCUT2D eigenvalue weighted by molar-refractivity contribution is 7.16. The second-order valence-corrected chi connectivity index (χ2v) is 8.42. The third-order valence-corrected chi connectivity index (χ3v) is 6.40. The van der Waals surface area contributed by atoms with Crippen molar-refractivity contribution >= 4 is 33.9 Å². The van der Waals surface area contributed by atoms with Gasteiger partial charge in [-0.2, -0.15) is 0 Å². The lowest BCUT2D eigenvalue weighted by Crippen LogP contribution is -2.48. The second kappa shape index (κ2) is 9.95. The van der Waals surface area contributed by atoms with Gasteiger partial charge >= 0.3 is 5.97 Å². The van der Waals surface area contributed by atoms with Gasteiger partial charge in [-0.1, -0.05) is 12.1 Å². The molecule has 7 nitrogen and oxygen atoms in total. The number of aryl methyl sites for hydroxylation is 1. The van der Waals surface area contributed by atoms with Gasteiger partial charge in [0.05, 0.1) is 31.5 Å². The highest BCUT2D eigenvalue weighted by Crippen LogP contribution is 2.33. The number of esters is 1. The quantitative estimate of drug-likeness (QED) is 0.679. The first kappa shape index (κ1) is 22.1. The number of nitrogens with zero attached hydrogens (tertiary/aromatic N) is 2. The zero-order valence-corrected chi connectivity index (χ0v) is 18.8. The number of ether oxygens (including phenoxy) is 2. The van der Waals surface area contributed by atoms with E-state index in [-0.39, 0.29) is 12.5 Å². The van der Waals surface area contributed by atoms with Gasteiger partial charge in [-0.3, -0.25) is 9.69 Å². The number of carbonyl (C=O) groups is 2. The number of para-hydroxylation sites is 2. The van der Waals surface area contributed by atoms with E-state index in [0.717, 1.165) is 48.1 Å². The molecular weight excluding hydrogens is 402 g/mol. The van der Waals surface area contributed by atoms with Crippen LogP contribution in [0, 0.1) is 13.8 Å². The lowest BCUT2D eigenvalue weighted by Gasteiger charge is -2.36. The summed E-state index contributed by atoms with van der Waals surface area (Å²) in [5.41, 5.74) is 2.39. The van der Waals surface area contributed by atoms with Crippen LogP contribution < -0.4 is 15.0 Å². The minimum Gasteiger partial charge on any atom is -0.492 e. The standard InChI is InChI=1S/C22H29N3O4S/c1-5-29-18-9-7-6-8-17(18)25-12-10-24(11-13-25)14-19(26)23-21-20(22(27)28-4)15(2)16(3)30-21/h6-9H,5,10-14H2,1-4H3,(H,23,26). The van der Waals surface area contributed by atoms with Crippen molar-refractivity contribution in [3.05, 3.63) is 40.3 Å². The number of amides is 1. The summed E-state index contributed by atoms with van der Waals surface area (Å²) in [5, 5.41) is 3.47. The molecule has 0 unspecified atom stereocenters. The van der Waals surface area contributed by atoms with Crippen molar-refractivity contribution in [1.29, 1.82) is 0 Å². The molecule has 162 valence electrons. The molecule has 0 aliphatic carbocycles. The van der Waals surface area contributed by atoms with Crippen molar-refractivity contribution in [1.82, 2.24) is 4.90 Å². The maximum absolute atomic E-state index is 12.6. The fourth-order valence-corrected chi connectivity index (χ4v) is 4.64. The maximum Gasteiger partial charge on any atom is 0.341 e. The van der Waals surface area contributed by atoms with E-state index in [1.807, 2.05) is 39.0 Å². The van der Waals surface area contributed by atoms with E-state index in [2.05, 4.69) is 21.2 Å². The van der Waals surface area contributed by atoms with Crippen LogP contribution in [0.4, 0.5) is 10.7 Å². The zero-order valence-electron chi connectivity index (χ0n) is 18.0. The lowest BCUT2D eigenvalue weighted by molar-refractivity contribution is -0.117. The summed E-state index contributed by atoms with van der Waals surface area (Å²) in [6.45, 7) is 9.90. The highest BCUT2D eigenvalue weighted by Gasteiger charge is 2.24. The van der Waals surface area contributed by atoms with Crippen LogP contribution in [0.5, 0.6) is 5.75 Å². The Hall–Kier alpha value is -2.58. The first-order valence-corrected chi connectivity index (χ1v) is 10.9. The van der Waals surface area contributed by atoms with E-state index in [1.54, 1.807) is 0 Å². The van der Waals surface area contributed by atoms with Gasteiger partial charge < -0.3 is 19.7 Å². The maximum atomic E-state index is 12.6. The van der Waals surface area contributed by atoms with Gasteiger partial charge in [0, 0.05) is 31.1 Å². The monoisotopic (exact) mass is 431 g/mol. The normalized spacial score (nSPS) is 14.5. The number of rotatable bonds is 7. The molecule has 0 spiro atoms. The third kappa shape index (κ3) is 4.94. The molecular formula is C22H29N3O4S. The Morgan fingerprint density at radius 3 is 2.50 bits per heavy atom. The summed E-state index contributed by atoms with van der Waals surface area (Å²) >= 11 is 1.41. The van der Waals surface area contributed by atoms with Crippen molar-refractivity contribution in [3.63, 3.8) is 0 Å². The summed E-state index contributed by atoms with van der Waals surface area (Å²) in [7, 11) is 1.35. The van der Waals surface area contributed by atoms with Gasteiger partial charge in [0.1, 0.15) is 10.8 Å². The van der Waals surface area contributed by atoms with Crippen LogP contribution in [-0.2, 0) is 9.53 Å². The minimum atomic E-state index is -0.422. The van der Waals surface area contributed by atoms with Gasteiger partial charge in [0.25, 0.3) is 0 Å². The van der Waals surface area contributed by atoms with Crippen LogP contribution in [-0.4, -0.2) is 63.2 Å². The summed E-state index contributed by atoms with van der Waals surface area (Å²) in [6, 6.07) is 8.05. The first-order chi connectivity index (χ1) is 14.4. The van der Waals surface area contributed by atoms with Crippen molar-refractivity contribution in [2.45, 2.75) is 20.8 Å². The van der Waals surface area contributed by atoms with Gasteiger partial charge in [-0.25, -0.2) is 4.79 Å². The Kier molecular flexibility index (Phi) is 7.33. The predicted molar refractivity (Wildman–Crippen MR) is 120 cm³/mol. The Morgan fingerprint density at radius 1 is 1.13 bits per heavy atom. The number of hydrogen-bond acceptors (Lipinski definition) is 7. The Morgan fingerprint density at radius 2 is 1.83 bits per heavy atom. The topological polar surface area (TPSA) is 71.1 Å². The van der Waals surface area contributed by atoms with Crippen LogP contribution in [0.25, 0.3) is 0 Å². The molecule has 1 N–H and O–H groups in total. The van der Waals surface area contributed by atoms with Crippen LogP contribution in [0.15, 0.2) is 24.3 Å². The lowest BCUT2D eigenvalue weighted by atomic mass is 10.1. The Bertz CT molecular complexity index is 904. The molecule has 1 aromatic heterocycles. The molecule has 30 heavy (non-hydrogen) atoms. The largest absolute Gasteiger partial charge is 0.492 e. The number of carbonyl (C=O) groups excluding carboxylic acids is 2. The number of anilines is 2. The fourth-order valence-electron chi connectivity index (χ4n) is 3.57.